The zero-order valence-electron chi connectivity index (χ0n) is 7.54. The maximum absolute atomic E-state index is 11.9. The van der Waals surface area contributed by atoms with Crippen molar-refractivity contribution in [3.63, 3.8) is 0 Å². The smallest absolute Gasteiger partial charge is 0.228 e. The van der Waals surface area contributed by atoms with Crippen LogP contribution in [0.15, 0.2) is 50.0 Å². The average molecular weight is 330 g/mol. The number of rotatable bonds is 2. The first-order valence-corrected chi connectivity index (χ1v) is 5.81. The van der Waals surface area contributed by atoms with Crippen molar-refractivity contribution < 1.29 is 9.21 Å². The maximum Gasteiger partial charge on any atom is 0.228 e. The van der Waals surface area contributed by atoms with E-state index in [0.29, 0.717) is 16.0 Å². The molecule has 0 saturated carbocycles. The van der Waals surface area contributed by atoms with Crippen molar-refractivity contribution in [3.8, 4) is 0 Å². The number of benzene rings is 1. The van der Waals surface area contributed by atoms with Crippen molar-refractivity contribution in [3.05, 3.63) is 56.9 Å². The van der Waals surface area contributed by atoms with E-state index in [9.17, 15) is 4.79 Å². The molecule has 2 rings (SSSR count). The lowest BCUT2D eigenvalue weighted by atomic mass is 10.1. The van der Waals surface area contributed by atoms with E-state index in [1.165, 1.54) is 0 Å². The summed E-state index contributed by atoms with van der Waals surface area (Å²) in [7, 11) is 0. The van der Waals surface area contributed by atoms with Gasteiger partial charge >= 0.3 is 0 Å². The van der Waals surface area contributed by atoms with Gasteiger partial charge in [0.05, 0.1) is 0 Å². The van der Waals surface area contributed by atoms with Gasteiger partial charge in [-0.1, -0.05) is 28.1 Å². The van der Waals surface area contributed by atoms with Crippen molar-refractivity contribution >= 4 is 37.6 Å². The molecule has 0 aliphatic heterocycles. The monoisotopic (exact) mass is 328 g/mol. The van der Waals surface area contributed by atoms with Crippen LogP contribution in [-0.4, -0.2) is 5.78 Å². The Morgan fingerprint density at radius 2 is 1.93 bits per heavy atom. The Labute approximate surface area is 104 Å². The van der Waals surface area contributed by atoms with Gasteiger partial charge in [0.2, 0.25) is 5.78 Å². The van der Waals surface area contributed by atoms with Crippen LogP contribution in [0.3, 0.4) is 0 Å². The van der Waals surface area contributed by atoms with Gasteiger partial charge in [-0.15, -0.1) is 0 Å². The Bertz CT molecular complexity index is 503. The molecule has 76 valence electrons. The standard InChI is InChI=1S/C11H6Br2O2/c12-8-3-1-2-7(6-8)11(14)9-4-5-10(13)15-9/h1-6H. The summed E-state index contributed by atoms with van der Waals surface area (Å²) in [5.74, 6) is 0.210. The zero-order chi connectivity index (χ0) is 10.8. The van der Waals surface area contributed by atoms with Gasteiger partial charge < -0.3 is 4.42 Å². The molecule has 0 bridgehead atoms. The van der Waals surface area contributed by atoms with Crippen molar-refractivity contribution in [2.24, 2.45) is 0 Å². The van der Waals surface area contributed by atoms with Gasteiger partial charge in [0, 0.05) is 10.0 Å². The summed E-state index contributed by atoms with van der Waals surface area (Å²) < 4.78 is 6.62. The van der Waals surface area contributed by atoms with Crippen LogP contribution >= 0.6 is 31.9 Å². The predicted octanol–water partition coefficient (Wildman–Crippen LogP) is 4.04. The summed E-state index contributed by atoms with van der Waals surface area (Å²) in [6, 6.07) is 10.5. The normalized spacial score (nSPS) is 10.3. The topological polar surface area (TPSA) is 30.2 Å². The summed E-state index contributed by atoms with van der Waals surface area (Å²) >= 11 is 6.48. The summed E-state index contributed by atoms with van der Waals surface area (Å²) in [5, 5.41) is 0. The van der Waals surface area contributed by atoms with Crippen LogP contribution in [-0.2, 0) is 0 Å². The molecule has 0 aliphatic carbocycles. The van der Waals surface area contributed by atoms with Crippen molar-refractivity contribution in [1.29, 1.82) is 0 Å². The molecule has 0 fully saturated rings. The van der Waals surface area contributed by atoms with Gasteiger partial charge in [-0.05, 0) is 40.2 Å². The highest BCUT2D eigenvalue weighted by Crippen LogP contribution is 2.19. The van der Waals surface area contributed by atoms with Gasteiger partial charge in [0.15, 0.2) is 10.4 Å². The van der Waals surface area contributed by atoms with Crippen LogP contribution in [0.25, 0.3) is 0 Å². The first kappa shape index (κ1) is 10.6. The van der Waals surface area contributed by atoms with E-state index < -0.39 is 0 Å². The highest BCUT2D eigenvalue weighted by atomic mass is 79.9. The largest absolute Gasteiger partial charge is 0.446 e. The number of halogens is 2. The Morgan fingerprint density at radius 1 is 1.13 bits per heavy atom. The second-order valence-electron chi connectivity index (χ2n) is 2.94. The van der Waals surface area contributed by atoms with E-state index in [1.54, 1.807) is 24.3 Å². The third kappa shape index (κ3) is 2.38. The maximum atomic E-state index is 11.9. The lowest BCUT2D eigenvalue weighted by molar-refractivity contribution is 0.101. The molecular formula is C11H6Br2O2. The van der Waals surface area contributed by atoms with Crippen LogP contribution in [0.2, 0.25) is 0 Å². The second kappa shape index (κ2) is 4.33. The number of furan rings is 1. The second-order valence-corrected chi connectivity index (χ2v) is 4.64. The number of hydrogen-bond donors (Lipinski definition) is 0. The van der Waals surface area contributed by atoms with Gasteiger partial charge in [0.25, 0.3) is 0 Å². The third-order valence-corrected chi connectivity index (χ3v) is 2.80. The van der Waals surface area contributed by atoms with Crippen LogP contribution in [0.1, 0.15) is 16.1 Å². The molecule has 4 heteroatoms. The summed E-state index contributed by atoms with van der Waals surface area (Å²) in [4.78, 5) is 11.9. The Hall–Kier alpha value is -0.870. The minimum absolute atomic E-state index is 0.123. The first-order valence-electron chi connectivity index (χ1n) is 4.22. The fourth-order valence-electron chi connectivity index (χ4n) is 1.21. The molecule has 15 heavy (non-hydrogen) atoms. The third-order valence-electron chi connectivity index (χ3n) is 1.88. The molecule has 0 spiro atoms. The van der Waals surface area contributed by atoms with Crippen LogP contribution in [0.5, 0.6) is 0 Å². The van der Waals surface area contributed by atoms with Crippen LogP contribution in [0.4, 0.5) is 0 Å². The summed E-state index contributed by atoms with van der Waals surface area (Å²) in [5.41, 5.74) is 0.603. The summed E-state index contributed by atoms with van der Waals surface area (Å²) in [6.45, 7) is 0. The van der Waals surface area contributed by atoms with Crippen molar-refractivity contribution in [1.82, 2.24) is 0 Å². The molecule has 2 nitrogen and oxygen atoms in total. The van der Waals surface area contributed by atoms with E-state index in [4.69, 9.17) is 4.42 Å². The van der Waals surface area contributed by atoms with Crippen molar-refractivity contribution in [2.75, 3.05) is 0 Å². The molecule has 0 unspecified atom stereocenters. The fraction of sp³-hybridized carbons (Fsp3) is 0. The quantitative estimate of drug-likeness (QED) is 0.778. The molecule has 0 saturated heterocycles. The van der Waals surface area contributed by atoms with E-state index in [1.807, 2.05) is 12.1 Å². The number of carbonyl (C=O) groups is 1. The molecule has 1 heterocycles. The van der Waals surface area contributed by atoms with E-state index in [2.05, 4.69) is 31.9 Å². The molecule has 0 N–H and O–H groups in total. The Balaban J connectivity index is 2.36. The van der Waals surface area contributed by atoms with E-state index in [0.717, 1.165) is 4.47 Å². The SMILES string of the molecule is O=C(c1cccc(Br)c1)c1ccc(Br)o1. The van der Waals surface area contributed by atoms with E-state index in [-0.39, 0.29) is 5.78 Å². The lowest BCUT2D eigenvalue weighted by Gasteiger charge is -1.97. The molecular weight excluding hydrogens is 324 g/mol. The minimum atomic E-state index is -0.123. The number of ketones is 1. The average Bonchev–Trinajstić information content (AvgIpc) is 2.64. The highest BCUT2D eigenvalue weighted by molar-refractivity contribution is 9.10. The lowest BCUT2D eigenvalue weighted by Crippen LogP contribution is -1.98. The van der Waals surface area contributed by atoms with Crippen molar-refractivity contribution in [2.45, 2.75) is 0 Å². The summed E-state index contributed by atoms with van der Waals surface area (Å²) in [6.07, 6.45) is 0. The molecule has 1 aromatic heterocycles. The van der Waals surface area contributed by atoms with Gasteiger partial charge in [-0.2, -0.15) is 0 Å². The minimum Gasteiger partial charge on any atom is -0.446 e. The first-order chi connectivity index (χ1) is 7.16. The molecule has 0 radical (unpaired) electrons. The number of carbonyl (C=O) groups excluding carboxylic acids is 1. The molecule has 0 atom stereocenters. The number of hydrogen-bond acceptors (Lipinski definition) is 2. The Morgan fingerprint density at radius 3 is 2.53 bits per heavy atom. The predicted molar refractivity (Wildman–Crippen MR) is 64.0 cm³/mol. The fourth-order valence-corrected chi connectivity index (χ4v) is 1.91. The van der Waals surface area contributed by atoms with Gasteiger partial charge in [0.1, 0.15) is 0 Å². The van der Waals surface area contributed by atoms with Crippen LogP contribution < -0.4 is 0 Å². The zero-order valence-corrected chi connectivity index (χ0v) is 10.7. The van der Waals surface area contributed by atoms with E-state index >= 15 is 0 Å². The van der Waals surface area contributed by atoms with Gasteiger partial charge in [-0.3, -0.25) is 4.79 Å². The van der Waals surface area contributed by atoms with Gasteiger partial charge in [-0.25, -0.2) is 0 Å². The highest BCUT2D eigenvalue weighted by Gasteiger charge is 2.12. The molecule has 0 aliphatic rings. The van der Waals surface area contributed by atoms with Crippen LogP contribution in [0, 0.1) is 0 Å². The Kier molecular flexibility index (Phi) is 3.07. The molecule has 0 amide bonds. The molecule has 1 aromatic carbocycles. The molecule has 2 aromatic rings.